The highest BCUT2D eigenvalue weighted by molar-refractivity contribution is 5.97. The minimum absolute atomic E-state index is 0.0454. The fourth-order valence-electron chi connectivity index (χ4n) is 2.31. The predicted octanol–water partition coefficient (Wildman–Crippen LogP) is 4.12. The average molecular weight is 335 g/mol. The van der Waals surface area contributed by atoms with Gasteiger partial charge >= 0.3 is 5.97 Å². The lowest BCUT2D eigenvalue weighted by atomic mass is 10.1. The lowest BCUT2D eigenvalue weighted by Crippen LogP contribution is -2.25. The first-order valence-corrected chi connectivity index (χ1v) is 7.80. The number of hydrogen-bond donors (Lipinski definition) is 1. The van der Waals surface area contributed by atoms with Crippen molar-refractivity contribution in [3.05, 3.63) is 89.9 Å². The summed E-state index contributed by atoms with van der Waals surface area (Å²) in [6.07, 6.45) is 0.292. The van der Waals surface area contributed by atoms with Gasteiger partial charge in [0.15, 0.2) is 0 Å². The largest absolute Gasteiger partial charge is 0.457 e. The van der Waals surface area contributed by atoms with Crippen molar-refractivity contribution in [3.63, 3.8) is 0 Å². The minimum Gasteiger partial charge on any atom is -0.457 e. The van der Waals surface area contributed by atoms with Crippen LogP contribution in [0.2, 0.25) is 0 Å². The van der Waals surface area contributed by atoms with Gasteiger partial charge in [-0.05, 0) is 31.2 Å². The van der Waals surface area contributed by atoms with Gasteiger partial charge in [-0.25, -0.2) is 4.79 Å². The fraction of sp³-hybridized carbons (Fsp3) is 0.100. The minimum atomic E-state index is -1.08. The maximum absolute atomic E-state index is 12.7. The highest BCUT2D eigenvalue weighted by Crippen LogP contribution is 2.22. The molecule has 25 heavy (non-hydrogen) atoms. The van der Waals surface area contributed by atoms with Gasteiger partial charge in [-0.3, -0.25) is 4.79 Å². The van der Waals surface area contributed by atoms with Crippen molar-refractivity contribution < 1.29 is 18.7 Å². The zero-order valence-corrected chi connectivity index (χ0v) is 13.6. The number of ether oxygens (including phenoxy) is 1. The number of benzene rings is 2. The third-order valence-corrected chi connectivity index (χ3v) is 3.61. The lowest BCUT2D eigenvalue weighted by Gasteiger charge is -2.17. The summed E-state index contributed by atoms with van der Waals surface area (Å²) in [7, 11) is 0. The molecule has 0 aliphatic heterocycles. The first-order chi connectivity index (χ1) is 12.1. The number of rotatable bonds is 5. The number of furan rings is 1. The van der Waals surface area contributed by atoms with E-state index in [1.54, 1.807) is 42.5 Å². The van der Waals surface area contributed by atoms with E-state index in [0.29, 0.717) is 11.3 Å². The Kier molecular flexibility index (Phi) is 4.95. The van der Waals surface area contributed by atoms with Gasteiger partial charge in [-0.15, -0.1) is 0 Å². The Labute approximate surface area is 145 Å². The molecule has 1 N–H and O–H groups in total. The first-order valence-electron chi connectivity index (χ1n) is 7.80. The standard InChI is InChI=1S/C20H17NO4/c1-14-9-11-16(12-10-14)21-19(22)18(15-6-3-2-4-7-15)25-20(23)17-8-5-13-24-17/h2-13,18H,1H3,(H,21,22)/t18-/m0/s1. The van der Waals surface area contributed by atoms with Gasteiger partial charge in [-0.1, -0.05) is 48.0 Å². The predicted molar refractivity (Wildman–Crippen MR) is 93.1 cm³/mol. The van der Waals surface area contributed by atoms with Gasteiger partial charge in [-0.2, -0.15) is 0 Å². The van der Waals surface area contributed by atoms with Crippen LogP contribution in [-0.4, -0.2) is 11.9 Å². The molecule has 0 aliphatic rings. The SMILES string of the molecule is Cc1ccc(NC(=O)[C@@H](OC(=O)c2ccco2)c2ccccc2)cc1. The molecule has 0 saturated carbocycles. The van der Waals surface area contributed by atoms with Crippen molar-refractivity contribution in [2.45, 2.75) is 13.0 Å². The van der Waals surface area contributed by atoms with Crippen LogP contribution in [-0.2, 0) is 9.53 Å². The second-order valence-corrected chi connectivity index (χ2v) is 5.53. The summed E-state index contributed by atoms with van der Waals surface area (Å²) in [6, 6.07) is 19.3. The number of anilines is 1. The van der Waals surface area contributed by atoms with Gasteiger partial charge in [0.1, 0.15) is 0 Å². The van der Waals surface area contributed by atoms with Crippen LogP contribution in [0.15, 0.2) is 77.4 Å². The molecule has 126 valence electrons. The molecule has 2 aromatic carbocycles. The normalized spacial score (nSPS) is 11.6. The molecule has 5 nitrogen and oxygen atoms in total. The van der Waals surface area contributed by atoms with Crippen molar-refractivity contribution in [3.8, 4) is 0 Å². The zero-order chi connectivity index (χ0) is 17.6. The molecule has 5 heteroatoms. The highest BCUT2D eigenvalue weighted by atomic mass is 16.6. The van der Waals surface area contributed by atoms with E-state index in [0.717, 1.165) is 5.56 Å². The summed E-state index contributed by atoms with van der Waals surface area (Å²) >= 11 is 0. The average Bonchev–Trinajstić information content (AvgIpc) is 3.17. The zero-order valence-electron chi connectivity index (χ0n) is 13.6. The molecule has 1 atom stereocenters. The molecule has 0 spiro atoms. The fourth-order valence-corrected chi connectivity index (χ4v) is 2.31. The number of carbonyl (C=O) groups excluding carboxylic acids is 2. The Morgan fingerprint density at radius 3 is 2.32 bits per heavy atom. The van der Waals surface area contributed by atoms with Crippen LogP contribution in [0.4, 0.5) is 5.69 Å². The van der Waals surface area contributed by atoms with E-state index >= 15 is 0 Å². The van der Waals surface area contributed by atoms with Crippen LogP contribution >= 0.6 is 0 Å². The van der Waals surface area contributed by atoms with Crippen LogP contribution in [0, 0.1) is 6.92 Å². The van der Waals surface area contributed by atoms with E-state index in [1.807, 2.05) is 25.1 Å². The van der Waals surface area contributed by atoms with Gasteiger partial charge in [0.2, 0.25) is 11.9 Å². The molecular weight excluding hydrogens is 318 g/mol. The Bertz CT molecular complexity index is 839. The highest BCUT2D eigenvalue weighted by Gasteiger charge is 2.26. The van der Waals surface area contributed by atoms with Gasteiger partial charge in [0.05, 0.1) is 6.26 Å². The van der Waals surface area contributed by atoms with Gasteiger partial charge in [0, 0.05) is 11.3 Å². The Morgan fingerprint density at radius 2 is 1.68 bits per heavy atom. The van der Waals surface area contributed by atoms with E-state index in [2.05, 4.69) is 5.32 Å². The summed E-state index contributed by atoms with van der Waals surface area (Å²) in [5.74, 6) is -1.09. The van der Waals surface area contributed by atoms with Crippen LogP contribution in [0.25, 0.3) is 0 Å². The third-order valence-electron chi connectivity index (χ3n) is 3.61. The van der Waals surface area contributed by atoms with Gasteiger partial charge < -0.3 is 14.5 Å². The van der Waals surface area contributed by atoms with Gasteiger partial charge in [0.25, 0.3) is 5.91 Å². The number of amides is 1. The molecule has 0 unspecified atom stereocenters. The topological polar surface area (TPSA) is 68.5 Å². The van der Waals surface area contributed by atoms with Crippen molar-refractivity contribution in [1.82, 2.24) is 0 Å². The molecule has 0 radical (unpaired) electrons. The number of carbonyl (C=O) groups is 2. The summed E-state index contributed by atoms with van der Waals surface area (Å²) in [5.41, 5.74) is 2.29. The Hall–Kier alpha value is -3.34. The number of aryl methyl sites for hydroxylation is 1. The molecular formula is C20H17NO4. The van der Waals surface area contributed by atoms with Crippen molar-refractivity contribution in [2.24, 2.45) is 0 Å². The second-order valence-electron chi connectivity index (χ2n) is 5.53. The summed E-state index contributed by atoms with van der Waals surface area (Å²) < 4.78 is 10.4. The molecule has 3 rings (SSSR count). The molecule has 0 saturated heterocycles. The van der Waals surface area contributed by atoms with Crippen molar-refractivity contribution in [1.29, 1.82) is 0 Å². The molecule has 0 bridgehead atoms. The van der Waals surface area contributed by atoms with E-state index in [9.17, 15) is 9.59 Å². The second kappa shape index (κ2) is 7.49. The molecule has 1 aromatic heterocycles. The number of nitrogens with one attached hydrogen (secondary N) is 1. The van der Waals surface area contributed by atoms with Crippen molar-refractivity contribution >= 4 is 17.6 Å². The summed E-state index contributed by atoms with van der Waals surface area (Å²) in [6.45, 7) is 1.96. The summed E-state index contributed by atoms with van der Waals surface area (Å²) in [5, 5.41) is 2.77. The summed E-state index contributed by atoms with van der Waals surface area (Å²) in [4.78, 5) is 24.9. The smallest absolute Gasteiger partial charge is 0.375 e. The maximum atomic E-state index is 12.7. The first kappa shape index (κ1) is 16.5. The van der Waals surface area contributed by atoms with E-state index in [-0.39, 0.29) is 5.76 Å². The Balaban J connectivity index is 1.81. The number of esters is 1. The monoisotopic (exact) mass is 335 g/mol. The molecule has 1 heterocycles. The molecule has 0 fully saturated rings. The van der Waals surface area contributed by atoms with Crippen molar-refractivity contribution in [2.75, 3.05) is 5.32 Å². The van der Waals surface area contributed by atoms with E-state index < -0.39 is 18.0 Å². The third kappa shape index (κ3) is 4.14. The Morgan fingerprint density at radius 1 is 0.960 bits per heavy atom. The maximum Gasteiger partial charge on any atom is 0.375 e. The van der Waals surface area contributed by atoms with E-state index in [1.165, 1.54) is 12.3 Å². The van der Waals surface area contributed by atoms with Crippen LogP contribution < -0.4 is 5.32 Å². The molecule has 0 aliphatic carbocycles. The van der Waals surface area contributed by atoms with Crippen LogP contribution in [0.1, 0.15) is 27.8 Å². The lowest BCUT2D eigenvalue weighted by molar-refractivity contribution is -0.125. The van der Waals surface area contributed by atoms with E-state index in [4.69, 9.17) is 9.15 Å². The van der Waals surface area contributed by atoms with Crippen LogP contribution in [0.5, 0.6) is 0 Å². The van der Waals surface area contributed by atoms with Crippen LogP contribution in [0.3, 0.4) is 0 Å². The molecule has 1 amide bonds. The quantitative estimate of drug-likeness (QED) is 0.712. The number of hydrogen-bond acceptors (Lipinski definition) is 4. The molecule has 3 aromatic rings.